The number of aryl methyl sites for hydroxylation is 1. The zero-order valence-electron chi connectivity index (χ0n) is 11.4. The molecule has 0 radical (unpaired) electrons. The number of nitro groups is 1. The van der Waals surface area contributed by atoms with Gasteiger partial charge in [0.1, 0.15) is 11.5 Å². The minimum Gasteiger partial charge on any atom is -0.457 e. The molecule has 2 N–H and O–H groups in total. The standard InChI is InChI=1S/C15H16N2O3/c1-10-9-12(7-8-14(10)17(18)19)20-15-6-4-3-5-13(15)11(2)16/h3-9,11H,16H2,1-2H3/t11-/m0/s1. The van der Waals surface area contributed by atoms with Crippen LogP contribution in [0.25, 0.3) is 0 Å². The number of ether oxygens (including phenoxy) is 1. The second-order valence-electron chi connectivity index (χ2n) is 4.63. The maximum atomic E-state index is 10.8. The first kappa shape index (κ1) is 14.0. The van der Waals surface area contributed by atoms with E-state index in [1.165, 1.54) is 6.07 Å². The second kappa shape index (κ2) is 5.71. The number of nitrogens with two attached hydrogens (primary N) is 1. The number of hydrogen-bond acceptors (Lipinski definition) is 4. The SMILES string of the molecule is Cc1cc(Oc2ccccc2[C@H](C)N)ccc1[N+](=O)[O-]. The van der Waals surface area contributed by atoms with Gasteiger partial charge in [-0.15, -0.1) is 0 Å². The Labute approximate surface area is 117 Å². The number of benzene rings is 2. The van der Waals surface area contributed by atoms with Crippen LogP contribution in [-0.4, -0.2) is 4.92 Å². The Morgan fingerprint density at radius 1 is 1.25 bits per heavy atom. The third kappa shape index (κ3) is 2.95. The van der Waals surface area contributed by atoms with Crippen LogP contribution in [0.4, 0.5) is 5.69 Å². The molecule has 0 saturated carbocycles. The van der Waals surface area contributed by atoms with Crippen LogP contribution in [0, 0.1) is 17.0 Å². The Bertz CT molecular complexity index is 639. The first-order chi connectivity index (χ1) is 9.49. The van der Waals surface area contributed by atoms with E-state index in [9.17, 15) is 10.1 Å². The van der Waals surface area contributed by atoms with Crippen LogP contribution in [-0.2, 0) is 0 Å². The van der Waals surface area contributed by atoms with Gasteiger partial charge in [0.05, 0.1) is 4.92 Å². The average molecular weight is 272 g/mol. The molecular formula is C15H16N2O3. The third-order valence-corrected chi connectivity index (χ3v) is 3.00. The summed E-state index contributed by atoms with van der Waals surface area (Å²) in [5, 5.41) is 10.8. The van der Waals surface area contributed by atoms with Crippen molar-refractivity contribution in [2.75, 3.05) is 0 Å². The molecule has 0 aromatic heterocycles. The Morgan fingerprint density at radius 3 is 2.55 bits per heavy atom. The molecule has 0 aliphatic heterocycles. The van der Waals surface area contributed by atoms with Gasteiger partial charge in [-0.2, -0.15) is 0 Å². The smallest absolute Gasteiger partial charge is 0.272 e. The maximum Gasteiger partial charge on any atom is 0.272 e. The molecule has 2 aromatic rings. The summed E-state index contributed by atoms with van der Waals surface area (Å²) in [5.74, 6) is 1.22. The minimum absolute atomic E-state index is 0.0813. The van der Waals surface area contributed by atoms with Gasteiger partial charge in [0.25, 0.3) is 5.69 Å². The predicted molar refractivity (Wildman–Crippen MR) is 77.0 cm³/mol. The number of hydrogen-bond donors (Lipinski definition) is 1. The van der Waals surface area contributed by atoms with Gasteiger partial charge in [0, 0.05) is 23.2 Å². The molecule has 5 heteroatoms. The fourth-order valence-electron chi connectivity index (χ4n) is 1.97. The van der Waals surface area contributed by atoms with E-state index in [1.807, 2.05) is 31.2 Å². The van der Waals surface area contributed by atoms with E-state index in [-0.39, 0.29) is 11.7 Å². The van der Waals surface area contributed by atoms with Crippen molar-refractivity contribution in [2.45, 2.75) is 19.9 Å². The Hall–Kier alpha value is -2.40. The summed E-state index contributed by atoms with van der Waals surface area (Å²) in [6.45, 7) is 3.56. The number of nitro benzene ring substituents is 1. The predicted octanol–water partition coefficient (Wildman–Crippen LogP) is 3.72. The Kier molecular flexibility index (Phi) is 4.00. The average Bonchev–Trinajstić information content (AvgIpc) is 2.38. The van der Waals surface area contributed by atoms with Crippen molar-refractivity contribution >= 4 is 5.69 Å². The fraction of sp³-hybridized carbons (Fsp3) is 0.200. The lowest BCUT2D eigenvalue weighted by molar-refractivity contribution is -0.385. The molecule has 0 heterocycles. The highest BCUT2D eigenvalue weighted by Gasteiger charge is 2.12. The van der Waals surface area contributed by atoms with Crippen molar-refractivity contribution < 1.29 is 9.66 Å². The lowest BCUT2D eigenvalue weighted by Gasteiger charge is -2.13. The summed E-state index contributed by atoms with van der Waals surface area (Å²) in [5.41, 5.74) is 7.43. The van der Waals surface area contributed by atoms with Gasteiger partial charge in [-0.3, -0.25) is 10.1 Å². The van der Waals surface area contributed by atoms with Crippen molar-refractivity contribution in [3.05, 3.63) is 63.7 Å². The van der Waals surface area contributed by atoms with Crippen LogP contribution in [0.15, 0.2) is 42.5 Å². The molecule has 0 bridgehead atoms. The summed E-state index contributed by atoms with van der Waals surface area (Å²) >= 11 is 0. The van der Waals surface area contributed by atoms with Crippen LogP contribution in [0.1, 0.15) is 24.1 Å². The molecule has 2 aromatic carbocycles. The van der Waals surface area contributed by atoms with Gasteiger partial charge in [-0.1, -0.05) is 18.2 Å². The highest BCUT2D eigenvalue weighted by molar-refractivity contribution is 5.46. The van der Waals surface area contributed by atoms with E-state index in [0.29, 0.717) is 17.1 Å². The van der Waals surface area contributed by atoms with Gasteiger partial charge in [-0.25, -0.2) is 0 Å². The van der Waals surface area contributed by atoms with E-state index in [0.717, 1.165) is 5.56 Å². The van der Waals surface area contributed by atoms with Crippen LogP contribution in [0.2, 0.25) is 0 Å². The maximum absolute atomic E-state index is 10.8. The molecule has 0 amide bonds. The molecule has 5 nitrogen and oxygen atoms in total. The van der Waals surface area contributed by atoms with Crippen LogP contribution in [0.3, 0.4) is 0 Å². The summed E-state index contributed by atoms with van der Waals surface area (Å²) in [6, 6.07) is 12.0. The highest BCUT2D eigenvalue weighted by atomic mass is 16.6. The molecule has 2 rings (SSSR count). The monoisotopic (exact) mass is 272 g/mol. The molecule has 0 saturated heterocycles. The first-order valence-electron chi connectivity index (χ1n) is 6.26. The molecule has 20 heavy (non-hydrogen) atoms. The third-order valence-electron chi connectivity index (χ3n) is 3.00. The molecule has 0 fully saturated rings. The summed E-state index contributed by atoms with van der Waals surface area (Å²) in [4.78, 5) is 10.4. The molecule has 0 aliphatic rings. The molecule has 0 unspecified atom stereocenters. The first-order valence-corrected chi connectivity index (χ1v) is 6.26. The number of nitrogens with zero attached hydrogens (tertiary/aromatic N) is 1. The van der Waals surface area contributed by atoms with Gasteiger partial charge in [0.15, 0.2) is 0 Å². The largest absolute Gasteiger partial charge is 0.457 e. The van der Waals surface area contributed by atoms with Crippen LogP contribution in [0.5, 0.6) is 11.5 Å². The molecule has 0 spiro atoms. The Morgan fingerprint density at radius 2 is 1.95 bits per heavy atom. The normalized spacial score (nSPS) is 11.9. The highest BCUT2D eigenvalue weighted by Crippen LogP contribution is 2.31. The van der Waals surface area contributed by atoms with E-state index in [4.69, 9.17) is 10.5 Å². The van der Waals surface area contributed by atoms with Crippen molar-refractivity contribution in [3.8, 4) is 11.5 Å². The van der Waals surface area contributed by atoms with Crippen molar-refractivity contribution in [1.29, 1.82) is 0 Å². The molecule has 1 atom stereocenters. The number of rotatable bonds is 4. The second-order valence-corrected chi connectivity index (χ2v) is 4.63. The van der Waals surface area contributed by atoms with E-state index in [1.54, 1.807) is 19.1 Å². The lowest BCUT2D eigenvalue weighted by Crippen LogP contribution is -2.06. The minimum atomic E-state index is -0.408. The van der Waals surface area contributed by atoms with E-state index >= 15 is 0 Å². The van der Waals surface area contributed by atoms with E-state index < -0.39 is 4.92 Å². The van der Waals surface area contributed by atoms with Gasteiger partial charge in [0.2, 0.25) is 0 Å². The topological polar surface area (TPSA) is 78.4 Å². The lowest BCUT2D eigenvalue weighted by atomic mass is 10.1. The molecule has 0 aliphatic carbocycles. The Balaban J connectivity index is 2.31. The van der Waals surface area contributed by atoms with Gasteiger partial charge >= 0.3 is 0 Å². The van der Waals surface area contributed by atoms with Crippen molar-refractivity contribution in [1.82, 2.24) is 0 Å². The molecule has 104 valence electrons. The fourth-order valence-corrected chi connectivity index (χ4v) is 1.97. The summed E-state index contributed by atoms with van der Waals surface area (Å²) < 4.78 is 5.78. The van der Waals surface area contributed by atoms with Crippen molar-refractivity contribution in [2.24, 2.45) is 5.73 Å². The van der Waals surface area contributed by atoms with E-state index in [2.05, 4.69) is 0 Å². The summed E-state index contributed by atoms with van der Waals surface area (Å²) in [6.07, 6.45) is 0. The van der Waals surface area contributed by atoms with Crippen LogP contribution >= 0.6 is 0 Å². The number of para-hydroxylation sites is 1. The zero-order chi connectivity index (χ0) is 14.7. The van der Waals surface area contributed by atoms with Crippen molar-refractivity contribution in [3.63, 3.8) is 0 Å². The quantitative estimate of drug-likeness (QED) is 0.679. The zero-order valence-corrected chi connectivity index (χ0v) is 11.4. The van der Waals surface area contributed by atoms with Gasteiger partial charge < -0.3 is 10.5 Å². The molecular weight excluding hydrogens is 256 g/mol. The summed E-state index contributed by atoms with van der Waals surface area (Å²) in [7, 11) is 0. The van der Waals surface area contributed by atoms with Crippen LogP contribution < -0.4 is 10.5 Å². The van der Waals surface area contributed by atoms with Gasteiger partial charge in [-0.05, 0) is 32.0 Å².